The molecule has 0 radical (unpaired) electrons. The van der Waals surface area contributed by atoms with Gasteiger partial charge in [0.1, 0.15) is 6.04 Å². The van der Waals surface area contributed by atoms with Gasteiger partial charge in [0.25, 0.3) is 0 Å². The summed E-state index contributed by atoms with van der Waals surface area (Å²) < 4.78 is 0. The maximum atomic E-state index is 10.0. The van der Waals surface area contributed by atoms with Gasteiger partial charge in [0.2, 0.25) is 0 Å². The van der Waals surface area contributed by atoms with Crippen molar-refractivity contribution in [3.05, 3.63) is 0 Å². The molecule has 0 saturated heterocycles. The molecule has 0 fully saturated rings. The van der Waals surface area contributed by atoms with Gasteiger partial charge in [0.05, 0.1) is 0 Å². The molecule has 0 spiro atoms. The molecule has 0 aromatic carbocycles. The third-order valence-electron chi connectivity index (χ3n) is 1.04. The Morgan fingerprint density at radius 1 is 1.55 bits per heavy atom. The van der Waals surface area contributed by atoms with Gasteiger partial charge in [0, 0.05) is 0 Å². The minimum absolute atomic E-state index is 0. The van der Waals surface area contributed by atoms with Crippen LogP contribution in [0.15, 0.2) is 0 Å². The van der Waals surface area contributed by atoms with Crippen molar-refractivity contribution in [1.29, 1.82) is 0 Å². The number of carboxylic acid groups (broad SMARTS) is 1. The summed E-state index contributed by atoms with van der Waals surface area (Å²) in [6.07, 6.45) is 1.14. The monoisotopic (exact) mass is 192 g/mol. The standard InChI is InChI=1S/C5H12N2O2.ClH.Na.H/c6-3-1-2-4(7)5(8)9;;;/h4H,1-3,6-7H2,(H,8,9);1H;;/t4-;;;/m1.../s1. The van der Waals surface area contributed by atoms with Crippen molar-refractivity contribution >= 4 is 47.9 Å². The summed E-state index contributed by atoms with van der Waals surface area (Å²) in [6, 6.07) is -0.742. The van der Waals surface area contributed by atoms with Gasteiger partial charge < -0.3 is 16.6 Å². The number of hydrogen-bond acceptors (Lipinski definition) is 3. The molecule has 0 aliphatic heterocycles. The molecule has 11 heavy (non-hydrogen) atoms. The molecule has 0 amide bonds. The maximum absolute atomic E-state index is 10.0. The van der Waals surface area contributed by atoms with E-state index in [2.05, 4.69) is 0 Å². The summed E-state index contributed by atoms with van der Waals surface area (Å²) in [6.45, 7) is 0.501. The van der Waals surface area contributed by atoms with E-state index >= 15 is 0 Å². The molecule has 0 aliphatic rings. The minimum atomic E-state index is -0.955. The molecular formula is C5H14ClN2NaO2. The Morgan fingerprint density at radius 2 is 2.00 bits per heavy atom. The van der Waals surface area contributed by atoms with Crippen LogP contribution in [0.1, 0.15) is 12.8 Å². The second kappa shape index (κ2) is 10.7. The fraction of sp³-hybridized carbons (Fsp3) is 0.800. The Morgan fingerprint density at radius 3 is 2.27 bits per heavy atom. The van der Waals surface area contributed by atoms with Crippen LogP contribution in [0.5, 0.6) is 0 Å². The SMILES string of the molecule is Cl.NCCC[C@@H](N)C(=O)O.[NaH]. The number of carboxylic acids is 1. The zero-order valence-corrected chi connectivity index (χ0v) is 6.43. The first-order valence-electron chi connectivity index (χ1n) is 2.87. The average molecular weight is 193 g/mol. The van der Waals surface area contributed by atoms with Gasteiger partial charge in [-0.1, -0.05) is 0 Å². The summed E-state index contributed by atoms with van der Waals surface area (Å²) in [4.78, 5) is 10.0. The summed E-state index contributed by atoms with van der Waals surface area (Å²) in [5.74, 6) is -0.955. The van der Waals surface area contributed by atoms with E-state index in [9.17, 15) is 4.79 Å². The van der Waals surface area contributed by atoms with Gasteiger partial charge in [-0.15, -0.1) is 12.4 Å². The van der Waals surface area contributed by atoms with Crippen LogP contribution in [-0.4, -0.2) is 53.2 Å². The molecule has 0 unspecified atom stereocenters. The zero-order chi connectivity index (χ0) is 7.28. The molecule has 1 atom stereocenters. The predicted octanol–water partition coefficient (Wildman–Crippen LogP) is -1.09. The molecule has 5 N–H and O–H groups in total. The summed E-state index contributed by atoms with van der Waals surface area (Å²) in [5, 5.41) is 8.24. The fourth-order valence-corrected chi connectivity index (χ4v) is 0.461. The molecule has 0 bridgehead atoms. The third-order valence-corrected chi connectivity index (χ3v) is 1.04. The molecule has 6 heteroatoms. The average Bonchev–Trinajstić information content (AvgIpc) is 1.82. The van der Waals surface area contributed by atoms with Gasteiger partial charge >= 0.3 is 35.5 Å². The van der Waals surface area contributed by atoms with E-state index in [-0.39, 0.29) is 42.0 Å². The fourth-order valence-electron chi connectivity index (χ4n) is 0.461. The van der Waals surface area contributed by atoms with Crippen molar-refractivity contribution in [2.45, 2.75) is 18.9 Å². The van der Waals surface area contributed by atoms with Crippen LogP contribution in [0, 0.1) is 0 Å². The second-order valence-corrected chi connectivity index (χ2v) is 1.88. The Kier molecular flexibility index (Phi) is 17.2. The third kappa shape index (κ3) is 10.7. The first-order valence-corrected chi connectivity index (χ1v) is 2.87. The van der Waals surface area contributed by atoms with Crippen molar-refractivity contribution < 1.29 is 9.90 Å². The van der Waals surface area contributed by atoms with Crippen molar-refractivity contribution in [3.63, 3.8) is 0 Å². The number of rotatable bonds is 4. The van der Waals surface area contributed by atoms with Crippen LogP contribution in [0.2, 0.25) is 0 Å². The Hall–Kier alpha value is 0.680. The summed E-state index contributed by atoms with van der Waals surface area (Å²) in [7, 11) is 0. The van der Waals surface area contributed by atoms with Gasteiger partial charge in [-0.2, -0.15) is 0 Å². The van der Waals surface area contributed by atoms with E-state index in [1.807, 2.05) is 0 Å². The number of carbonyl (C=O) groups is 1. The molecule has 0 saturated carbocycles. The van der Waals surface area contributed by atoms with Gasteiger partial charge in [-0.3, -0.25) is 4.79 Å². The van der Waals surface area contributed by atoms with Gasteiger partial charge in [-0.05, 0) is 19.4 Å². The van der Waals surface area contributed by atoms with Gasteiger partial charge in [-0.25, -0.2) is 0 Å². The van der Waals surface area contributed by atoms with E-state index in [4.69, 9.17) is 16.6 Å². The number of aliphatic carboxylic acids is 1. The van der Waals surface area contributed by atoms with Crippen LogP contribution < -0.4 is 11.5 Å². The van der Waals surface area contributed by atoms with E-state index in [1.54, 1.807) is 0 Å². The van der Waals surface area contributed by atoms with E-state index in [0.29, 0.717) is 19.4 Å². The van der Waals surface area contributed by atoms with Crippen LogP contribution >= 0.6 is 12.4 Å². The number of nitrogens with two attached hydrogens (primary N) is 2. The predicted molar refractivity (Wildman–Crippen MR) is 48.3 cm³/mol. The first kappa shape index (κ1) is 17.7. The Labute approximate surface area is 94.4 Å². The van der Waals surface area contributed by atoms with Crippen molar-refractivity contribution in [2.24, 2.45) is 11.5 Å². The number of halogens is 1. The Bertz CT molecular complexity index is 104. The van der Waals surface area contributed by atoms with Crippen LogP contribution in [0.4, 0.5) is 0 Å². The van der Waals surface area contributed by atoms with Crippen molar-refractivity contribution in [2.75, 3.05) is 6.54 Å². The molecule has 0 rings (SSSR count). The Balaban J connectivity index is -0.000000320. The van der Waals surface area contributed by atoms with Gasteiger partial charge in [0.15, 0.2) is 0 Å². The van der Waals surface area contributed by atoms with Crippen LogP contribution in [0.25, 0.3) is 0 Å². The summed E-state index contributed by atoms with van der Waals surface area (Å²) >= 11 is 0. The van der Waals surface area contributed by atoms with E-state index in [0.717, 1.165) is 0 Å². The first-order chi connectivity index (χ1) is 4.18. The van der Waals surface area contributed by atoms with E-state index in [1.165, 1.54) is 0 Å². The topological polar surface area (TPSA) is 89.3 Å². The molecule has 64 valence electrons. The molecular weight excluding hydrogens is 179 g/mol. The number of hydrogen-bond donors (Lipinski definition) is 3. The summed E-state index contributed by atoms with van der Waals surface area (Å²) in [5.41, 5.74) is 10.3. The zero-order valence-electron chi connectivity index (χ0n) is 5.62. The van der Waals surface area contributed by atoms with E-state index < -0.39 is 12.0 Å². The molecule has 4 nitrogen and oxygen atoms in total. The quantitative estimate of drug-likeness (QED) is 0.494. The van der Waals surface area contributed by atoms with Crippen LogP contribution in [0.3, 0.4) is 0 Å². The molecule has 0 aromatic heterocycles. The second-order valence-electron chi connectivity index (χ2n) is 1.88. The normalized spacial score (nSPS) is 10.7. The van der Waals surface area contributed by atoms with Crippen LogP contribution in [-0.2, 0) is 4.79 Å². The van der Waals surface area contributed by atoms with Crippen molar-refractivity contribution in [1.82, 2.24) is 0 Å². The molecule has 0 heterocycles. The molecule has 0 aromatic rings. The molecule has 0 aliphatic carbocycles. The van der Waals surface area contributed by atoms with Crippen molar-refractivity contribution in [3.8, 4) is 0 Å².